The minimum atomic E-state index is -0.468. The largest absolute Gasteiger partial charge is 0.365 e. The number of aryl methyl sites for hydroxylation is 1. The summed E-state index contributed by atoms with van der Waals surface area (Å²) in [4.78, 5) is 16.0. The maximum Gasteiger partial charge on any atom is 0.250 e. The number of aromatic nitrogens is 2. The summed E-state index contributed by atoms with van der Waals surface area (Å²) in [5, 5.41) is 13.7. The molecule has 0 aliphatic rings. The number of pyridine rings is 2. The molecule has 0 fully saturated rings. The molecule has 0 aliphatic carbocycles. The van der Waals surface area contributed by atoms with Gasteiger partial charge >= 0.3 is 0 Å². The second kappa shape index (κ2) is 8.62. The molecular weight excluding hydrogens is 345 g/mol. The second-order valence-corrected chi connectivity index (χ2v) is 7.26. The predicted molar refractivity (Wildman–Crippen MR) is 109 cm³/mol. The van der Waals surface area contributed by atoms with Crippen LogP contribution in [0, 0.1) is 11.2 Å². The van der Waals surface area contributed by atoms with Gasteiger partial charge in [0.25, 0.3) is 5.56 Å². The molecule has 0 atom stereocenters. The van der Waals surface area contributed by atoms with Crippen molar-refractivity contribution in [1.82, 2.24) is 9.55 Å². The first kappa shape index (κ1) is 20.4. The number of allylic oxidation sites excluding steroid dienone is 1. The molecule has 0 amide bonds. The molecule has 2 aromatic rings. The summed E-state index contributed by atoms with van der Waals surface area (Å²) in [6.07, 6.45) is 6.54. The third kappa shape index (κ3) is 5.77. The molecule has 144 valence electrons. The van der Waals surface area contributed by atoms with Gasteiger partial charge < -0.3 is 20.6 Å². The Morgan fingerprint density at radius 1 is 1.37 bits per heavy atom. The maximum atomic E-state index is 14.5. The van der Waals surface area contributed by atoms with Crippen LogP contribution in [0.3, 0.4) is 0 Å². The molecule has 2 aromatic heterocycles. The number of halogens is 1. The van der Waals surface area contributed by atoms with Crippen LogP contribution in [0.4, 0.5) is 15.9 Å². The van der Waals surface area contributed by atoms with Crippen LogP contribution in [0.1, 0.15) is 39.7 Å². The Kier molecular flexibility index (Phi) is 6.50. The van der Waals surface area contributed by atoms with Crippen LogP contribution < -0.4 is 16.2 Å². The Labute approximate surface area is 158 Å². The standard InChI is InChI=1S/C20H26FN5O/c1-5-8-26-13-15(6-7-19(26)27)23-11-14(10-22)16-12-24-18(9-17(16)21)25-20(2,3)4/h6-7,9-13,22-23H,5,8H2,1-4H3,(H,24,25)/b14-11+,22-10?. The molecule has 0 saturated carbocycles. The predicted octanol–water partition coefficient (Wildman–Crippen LogP) is 4.11. The molecule has 6 nitrogen and oxygen atoms in total. The molecule has 0 spiro atoms. The molecule has 7 heteroatoms. The zero-order chi connectivity index (χ0) is 20.0. The normalized spacial score (nSPS) is 12.0. The zero-order valence-corrected chi connectivity index (χ0v) is 16.1. The third-order valence-corrected chi connectivity index (χ3v) is 3.67. The SMILES string of the molecule is CCCn1cc(N/C=C(\C=N)c2cnc(NC(C)(C)C)cc2F)ccc1=O. The highest BCUT2D eigenvalue weighted by atomic mass is 19.1. The van der Waals surface area contributed by atoms with E-state index in [0.717, 1.165) is 12.6 Å². The minimum absolute atomic E-state index is 0.0733. The van der Waals surface area contributed by atoms with E-state index in [1.807, 2.05) is 27.7 Å². The van der Waals surface area contributed by atoms with Gasteiger partial charge in [-0.2, -0.15) is 0 Å². The number of hydrogen-bond acceptors (Lipinski definition) is 5. The highest BCUT2D eigenvalue weighted by Crippen LogP contribution is 2.20. The molecule has 0 bridgehead atoms. The van der Waals surface area contributed by atoms with Crippen molar-refractivity contribution in [2.24, 2.45) is 0 Å². The van der Waals surface area contributed by atoms with Crippen molar-refractivity contribution in [3.63, 3.8) is 0 Å². The van der Waals surface area contributed by atoms with E-state index < -0.39 is 5.82 Å². The van der Waals surface area contributed by atoms with Crippen molar-refractivity contribution in [2.45, 2.75) is 46.2 Å². The summed E-state index contributed by atoms with van der Waals surface area (Å²) >= 11 is 0. The van der Waals surface area contributed by atoms with E-state index in [1.165, 1.54) is 24.5 Å². The van der Waals surface area contributed by atoms with E-state index in [4.69, 9.17) is 5.41 Å². The Bertz CT molecular complexity index is 896. The van der Waals surface area contributed by atoms with Gasteiger partial charge in [-0.1, -0.05) is 6.92 Å². The third-order valence-electron chi connectivity index (χ3n) is 3.67. The summed E-state index contributed by atoms with van der Waals surface area (Å²) in [6, 6.07) is 4.45. The molecule has 27 heavy (non-hydrogen) atoms. The molecule has 0 aromatic carbocycles. The first-order valence-electron chi connectivity index (χ1n) is 8.85. The van der Waals surface area contributed by atoms with E-state index in [1.54, 1.807) is 16.8 Å². The van der Waals surface area contributed by atoms with Gasteiger partial charge in [0.05, 0.1) is 5.69 Å². The van der Waals surface area contributed by atoms with Gasteiger partial charge in [0, 0.05) is 60.2 Å². The average Bonchev–Trinajstić information content (AvgIpc) is 2.58. The lowest BCUT2D eigenvalue weighted by atomic mass is 10.1. The maximum absolute atomic E-state index is 14.5. The smallest absolute Gasteiger partial charge is 0.250 e. The van der Waals surface area contributed by atoms with Crippen LogP contribution in [0.25, 0.3) is 5.57 Å². The Morgan fingerprint density at radius 2 is 2.11 bits per heavy atom. The number of nitrogens with zero attached hydrogens (tertiary/aromatic N) is 2. The van der Waals surface area contributed by atoms with Gasteiger partial charge in [-0.3, -0.25) is 4.79 Å². The quantitative estimate of drug-likeness (QED) is 0.640. The highest BCUT2D eigenvalue weighted by molar-refractivity contribution is 6.08. The summed E-state index contributed by atoms with van der Waals surface area (Å²) in [5.74, 6) is -0.0306. The molecule has 2 heterocycles. The first-order valence-corrected chi connectivity index (χ1v) is 8.85. The number of anilines is 2. The lowest BCUT2D eigenvalue weighted by molar-refractivity contribution is 0.611. The van der Waals surface area contributed by atoms with Crippen molar-refractivity contribution >= 4 is 23.3 Å². The summed E-state index contributed by atoms with van der Waals surface area (Å²) in [5.41, 5.74) is 0.941. The Hall–Kier alpha value is -2.96. The fraction of sp³-hybridized carbons (Fsp3) is 0.350. The van der Waals surface area contributed by atoms with Crippen molar-refractivity contribution in [1.29, 1.82) is 5.41 Å². The van der Waals surface area contributed by atoms with Crippen LogP contribution >= 0.6 is 0 Å². The van der Waals surface area contributed by atoms with Gasteiger partial charge in [0.2, 0.25) is 0 Å². The van der Waals surface area contributed by atoms with Crippen LogP contribution in [-0.4, -0.2) is 21.3 Å². The van der Waals surface area contributed by atoms with Crippen molar-refractivity contribution in [2.75, 3.05) is 10.6 Å². The minimum Gasteiger partial charge on any atom is -0.365 e. The van der Waals surface area contributed by atoms with Crippen LogP contribution in [0.15, 0.2) is 41.6 Å². The van der Waals surface area contributed by atoms with E-state index in [-0.39, 0.29) is 16.7 Å². The van der Waals surface area contributed by atoms with E-state index >= 15 is 0 Å². The topological polar surface area (TPSA) is 82.8 Å². The zero-order valence-electron chi connectivity index (χ0n) is 16.1. The van der Waals surface area contributed by atoms with Gasteiger partial charge in [-0.15, -0.1) is 0 Å². The monoisotopic (exact) mass is 371 g/mol. The molecule has 3 N–H and O–H groups in total. The van der Waals surface area contributed by atoms with Gasteiger partial charge in [-0.05, 0) is 33.3 Å². The number of rotatable bonds is 7. The van der Waals surface area contributed by atoms with Gasteiger partial charge in [0.1, 0.15) is 11.6 Å². The lowest BCUT2D eigenvalue weighted by Gasteiger charge is -2.21. The molecule has 0 saturated heterocycles. The molecule has 0 aliphatic heterocycles. The van der Waals surface area contributed by atoms with Crippen LogP contribution in [-0.2, 0) is 6.54 Å². The van der Waals surface area contributed by atoms with Crippen LogP contribution in [0.2, 0.25) is 0 Å². The molecule has 0 radical (unpaired) electrons. The number of nitrogens with one attached hydrogen (secondary N) is 3. The molecular formula is C20H26FN5O. The molecule has 2 rings (SSSR count). The van der Waals surface area contributed by atoms with Crippen molar-refractivity contribution < 1.29 is 4.39 Å². The highest BCUT2D eigenvalue weighted by Gasteiger charge is 2.13. The van der Waals surface area contributed by atoms with E-state index in [0.29, 0.717) is 23.6 Å². The lowest BCUT2D eigenvalue weighted by Crippen LogP contribution is -2.26. The van der Waals surface area contributed by atoms with E-state index in [9.17, 15) is 9.18 Å². The summed E-state index contributed by atoms with van der Waals surface area (Å²) in [7, 11) is 0. The van der Waals surface area contributed by atoms with Crippen molar-refractivity contribution in [3.05, 3.63) is 58.5 Å². The Morgan fingerprint density at radius 3 is 2.70 bits per heavy atom. The summed E-state index contributed by atoms with van der Waals surface area (Å²) in [6.45, 7) is 8.51. The van der Waals surface area contributed by atoms with Crippen LogP contribution in [0.5, 0.6) is 0 Å². The van der Waals surface area contributed by atoms with Gasteiger partial charge in [-0.25, -0.2) is 9.37 Å². The Balaban J connectivity index is 2.25. The fourth-order valence-corrected chi connectivity index (χ4v) is 2.49. The molecule has 0 unspecified atom stereocenters. The summed E-state index contributed by atoms with van der Waals surface area (Å²) < 4.78 is 16.1. The number of hydrogen-bond donors (Lipinski definition) is 3. The van der Waals surface area contributed by atoms with E-state index in [2.05, 4.69) is 15.6 Å². The second-order valence-electron chi connectivity index (χ2n) is 7.26. The van der Waals surface area contributed by atoms with Crippen molar-refractivity contribution in [3.8, 4) is 0 Å². The average molecular weight is 371 g/mol. The van der Waals surface area contributed by atoms with Gasteiger partial charge in [0.15, 0.2) is 0 Å². The first-order chi connectivity index (χ1) is 12.7. The fourth-order valence-electron chi connectivity index (χ4n) is 2.49.